The van der Waals surface area contributed by atoms with Gasteiger partial charge in [0.05, 0.1) is 24.3 Å². The molecule has 2 aliphatic heterocycles. The van der Waals surface area contributed by atoms with Gasteiger partial charge >= 0.3 is 6.18 Å². The van der Waals surface area contributed by atoms with Crippen LogP contribution in [0.15, 0.2) is 55.4 Å². The second kappa shape index (κ2) is 9.56. The van der Waals surface area contributed by atoms with Crippen molar-refractivity contribution in [2.45, 2.75) is 25.2 Å². The Morgan fingerprint density at radius 2 is 1.85 bits per heavy atom. The summed E-state index contributed by atoms with van der Waals surface area (Å²) < 4.78 is 56.3. The van der Waals surface area contributed by atoms with Crippen molar-refractivity contribution in [3.8, 4) is 22.4 Å². The van der Waals surface area contributed by atoms with E-state index in [9.17, 15) is 22.4 Å². The number of alkyl halides is 3. The molecular formula is C26H24F4N8O. The highest BCUT2D eigenvalue weighted by Crippen LogP contribution is 2.37. The lowest BCUT2D eigenvalue weighted by Crippen LogP contribution is -2.51. The molecule has 0 spiro atoms. The maximum atomic E-state index is 13.4. The number of aromatic nitrogens is 6. The molecule has 0 saturated carbocycles. The largest absolute Gasteiger partial charge is 0.433 e. The Balaban J connectivity index is 1.40. The molecule has 0 aromatic carbocycles. The van der Waals surface area contributed by atoms with Gasteiger partial charge in [0.2, 0.25) is 0 Å². The van der Waals surface area contributed by atoms with Gasteiger partial charge in [0, 0.05) is 54.9 Å². The Labute approximate surface area is 220 Å². The van der Waals surface area contributed by atoms with Gasteiger partial charge in [-0.2, -0.15) is 23.4 Å². The molecule has 4 aromatic heterocycles. The zero-order valence-corrected chi connectivity index (χ0v) is 20.8. The van der Waals surface area contributed by atoms with E-state index < -0.39 is 23.6 Å². The molecule has 0 N–H and O–H groups in total. The lowest BCUT2D eigenvalue weighted by Gasteiger charge is -2.39. The maximum absolute atomic E-state index is 13.4. The molecule has 1 amide bonds. The molecule has 2 fully saturated rings. The first-order chi connectivity index (χ1) is 18.7. The Bertz CT molecular complexity index is 1550. The van der Waals surface area contributed by atoms with Crippen LogP contribution in [-0.2, 0) is 17.5 Å². The molecule has 0 radical (unpaired) electrons. The number of fused-ring (bicyclic) bond motifs is 1. The van der Waals surface area contributed by atoms with E-state index in [4.69, 9.17) is 5.10 Å². The van der Waals surface area contributed by atoms with Crippen molar-refractivity contribution in [2.24, 2.45) is 0 Å². The number of halogens is 4. The monoisotopic (exact) mass is 540 g/mol. The van der Waals surface area contributed by atoms with E-state index in [1.807, 2.05) is 16.9 Å². The molecule has 9 nitrogen and oxygen atoms in total. The molecule has 0 atom stereocenters. The second-order valence-corrected chi connectivity index (χ2v) is 9.73. The highest BCUT2D eigenvalue weighted by Gasteiger charge is 2.36. The molecule has 0 aliphatic carbocycles. The third kappa shape index (κ3) is 4.67. The van der Waals surface area contributed by atoms with Crippen LogP contribution in [0, 0.1) is 0 Å². The number of hydrogen-bond acceptors (Lipinski definition) is 6. The minimum absolute atomic E-state index is 0.201. The first-order valence-electron chi connectivity index (χ1n) is 12.5. The van der Waals surface area contributed by atoms with Gasteiger partial charge in [-0.1, -0.05) is 6.58 Å². The predicted octanol–water partition coefficient (Wildman–Crippen LogP) is 3.95. The van der Waals surface area contributed by atoms with E-state index in [0.29, 0.717) is 22.3 Å². The van der Waals surface area contributed by atoms with Crippen molar-refractivity contribution in [2.75, 3.05) is 32.7 Å². The highest BCUT2D eigenvalue weighted by atomic mass is 19.4. The van der Waals surface area contributed by atoms with Gasteiger partial charge in [-0.3, -0.25) is 24.1 Å². The van der Waals surface area contributed by atoms with E-state index in [0.717, 1.165) is 49.6 Å². The maximum Gasteiger partial charge on any atom is 0.433 e. The Hall–Kier alpha value is -4.13. The second-order valence-electron chi connectivity index (χ2n) is 9.73. The lowest BCUT2D eigenvalue weighted by atomic mass is 10.1. The van der Waals surface area contributed by atoms with E-state index in [1.165, 1.54) is 17.4 Å². The number of nitrogens with zero attached hydrogens (tertiary/aromatic N) is 8. The van der Waals surface area contributed by atoms with Crippen molar-refractivity contribution in [3.63, 3.8) is 0 Å². The number of rotatable bonds is 7. The van der Waals surface area contributed by atoms with Crippen molar-refractivity contribution in [1.82, 2.24) is 39.3 Å². The topological polar surface area (TPSA) is 85.0 Å². The third-order valence-corrected chi connectivity index (χ3v) is 7.18. The fourth-order valence-corrected chi connectivity index (χ4v) is 4.88. The number of likely N-dealkylation sites (tertiary alicyclic amines) is 2. The third-order valence-electron chi connectivity index (χ3n) is 7.18. The van der Waals surface area contributed by atoms with Crippen molar-refractivity contribution < 1.29 is 22.4 Å². The number of hydrogen-bond donors (Lipinski definition) is 0. The molecule has 202 valence electrons. The number of amides is 1. The number of carbonyl (C=O) groups excluding carboxylic acids is 1. The summed E-state index contributed by atoms with van der Waals surface area (Å²) in [7, 11) is 0. The zero-order chi connectivity index (χ0) is 27.3. The minimum Gasteiger partial charge on any atom is -0.332 e. The molecule has 0 bridgehead atoms. The van der Waals surface area contributed by atoms with Crippen LogP contribution in [0.4, 0.5) is 17.6 Å². The fraction of sp³-hybridized carbons (Fsp3) is 0.346. The molecule has 6 heterocycles. The van der Waals surface area contributed by atoms with E-state index >= 15 is 0 Å². The first-order valence-corrected chi connectivity index (χ1v) is 12.5. The molecule has 4 aromatic rings. The number of carbonyl (C=O) groups is 1. The summed E-state index contributed by atoms with van der Waals surface area (Å²) in [6.45, 7) is 7.31. The van der Waals surface area contributed by atoms with Crippen molar-refractivity contribution >= 4 is 16.9 Å². The summed E-state index contributed by atoms with van der Waals surface area (Å²) in [5, 5.41) is 9.24. The molecule has 6 rings (SSSR count). The average molecular weight is 541 g/mol. The summed E-state index contributed by atoms with van der Waals surface area (Å²) in [6, 6.07) is 3.75. The highest BCUT2D eigenvalue weighted by molar-refractivity contribution is 5.99. The molecule has 2 saturated heterocycles. The van der Waals surface area contributed by atoms with Crippen LogP contribution in [0.5, 0.6) is 0 Å². The Kier molecular flexibility index (Phi) is 6.17. The van der Waals surface area contributed by atoms with Crippen LogP contribution in [0.25, 0.3) is 33.4 Å². The predicted molar refractivity (Wildman–Crippen MR) is 134 cm³/mol. The number of pyridine rings is 2. The molecule has 2 aliphatic rings. The van der Waals surface area contributed by atoms with Gasteiger partial charge < -0.3 is 9.80 Å². The first kappa shape index (κ1) is 25.2. The summed E-state index contributed by atoms with van der Waals surface area (Å²) in [5.41, 5.74) is 2.45. The zero-order valence-electron chi connectivity index (χ0n) is 20.8. The van der Waals surface area contributed by atoms with Crippen molar-refractivity contribution in [1.29, 1.82) is 0 Å². The Morgan fingerprint density at radius 1 is 1.05 bits per heavy atom. The van der Waals surface area contributed by atoms with Crippen molar-refractivity contribution in [3.05, 3.63) is 61.1 Å². The molecule has 0 unspecified atom stereocenters. The van der Waals surface area contributed by atoms with Gasteiger partial charge in [-0.15, -0.1) is 0 Å². The smallest absolute Gasteiger partial charge is 0.332 e. The van der Waals surface area contributed by atoms with Crippen LogP contribution in [0.1, 0.15) is 18.2 Å². The van der Waals surface area contributed by atoms with E-state index in [2.05, 4.69) is 26.5 Å². The van der Waals surface area contributed by atoms with Gasteiger partial charge in [0.1, 0.15) is 16.9 Å². The van der Waals surface area contributed by atoms with Gasteiger partial charge in [0.25, 0.3) is 5.91 Å². The normalized spacial score (nSPS) is 16.4. The molecule has 39 heavy (non-hydrogen) atoms. The standard InChI is InChI=1S/C26H24F4N8O/c1-16(27)25(39)36-14-19(15-36)38-24-20(18-12-33-37(13-18)10-9-35-7-2-8-35)5-6-31-23(24)22(34-38)17-3-4-21(32-11-17)26(28,29)30/h3-6,11-13,19H,1-2,7-10,14-15H2. The van der Waals surface area contributed by atoms with E-state index in [1.54, 1.807) is 17.1 Å². The summed E-state index contributed by atoms with van der Waals surface area (Å²) in [4.78, 5) is 23.8. The minimum atomic E-state index is -4.57. The van der Waals surface area contributed by atoms with Crippen LogP contribution in [0.2, 0.25) is 0 Å². The van der Waals surface area contributed by atoms with Crippen LogP contribution >= 0.6 is 0 Å². The van der Waals surface area contributed by atoms with Crippen LogP contribution in [-0.4, -0.2) is 78.0 Å². The van der Waals surface area contributed by atoms with E-state index in [-0.39, 0.29) is 19.1 Å². The van der Waals surface area contributed by atoms with Crippen LogP contribution in [0.3, 0.4) is 0 Å². The molecular weight excluding hydrogens is 516 g/mol. The summed E-state index contributed by atoms with van der Waals surface area (Å²) in [5.74, 6) is -1.82. The summed E-state index contributed by atoms with van der Waals surface area (Å²) >= 11 is 0. The molecule has 13 heteroatoms. The van der Waals surface area contributed by atoms with Gasteiger partial charge in [0.15, 0.2) is 5.83 Å². The lowest BCUT2D eigenvalue weighted by molar-refractivity contribution is -0.141. The quantitative estimate of drug-likeness (QED) is 0.261. The van der Waals surface area contributed by atoms with Crippen LogP contribution < -0.4 is 0 Å². The Morgan fingerprint density at radius 3 is 2.49 bits per heavy atom. The SMILES string of the molecule is C=C(F)C(=O)N1CC(n2nc(-c3ccc(C(F)(F)F)nc3)c3nccc(-c4cnn(CCN5CCC5)c4)c32)C1. The fourth-order valence-electron chi connectivity index (χ4n) is 4.88. The summed E-state index contributed by atoms with van der Waals surface area (Å²) in [6.07, 6.45) is 3.08. The van der Waals surface area contributed by atoms with Gasteiger partial charge in [-0.05, 0) is 37.7 Å². The van der Waals surface area contributed by atoms with Gasteiger partial charge in [-0.25, -0.2) is 4.39 Å². The average Bonchev–Trinajstić information content (AvgIpc) is 3.47.